The molecule has 1 aliphatic carbocycles. The van der Waals surface area contributed by atoms with Crippen molar-refractivity contribution in [2.24, 2.45) is 0 Å². The Morgan fingerprint density at radius 3 is 2.50 bits per heavy atom. The fourth-order valence-corrected chi connectivity index (χ4v) is 1.99. The van der Waals surface area contributed by atoms with Crippen molar-refractivity contribution in [1.29, 1.82) is 0 Å². The molecular formula is C6H9Br2. The van der Waals surface area contributed by atoms with E-state index in [0.717, 1.165) is 0 Å². The molecule has 1 fully saturated rings. The summed E-state index contributed by atoms with van der Waals surface area (Å²) in [4.78, 5) is 2.10. The molecule has 8 heavy (non-hydrogen) atoms. The fourth-order valence-electron chi connectivity index (χ4n) is 0.931. The van der Waals surface area contributed by atoms with E-state index in [0.29, 0.717) is 4.83 Å². The SMILES string of the molecule is Br[C]1CCCCC1Br. The van der Waals surface area contributed by atoms with E-state index >= 15 is 0 Å². The Bertz CT molecular complexity index is 62.9. The van der Waals surface area contributed by atoms with Gasteiger partial charge in [0.1, 0.15) is 0 Å². The van der Waals surface area contributed by atoms with E-state index < -0.39 is 0 Å². The third-order valence-electron chi connectivity index (χ3n) is 1.46. The molecule has 0 nitrogen and oxygen atoms in total. The van der Waals surface area contributed by atoms with Crippen LogP contribution < -0.4 is 0 Å². The lowest BCUT2D eigenvalue weighted by Crippen LogP contribution is -2.10. The Balaban J connectivity index is 2.28. The van der Waals surface area contributed by atoms with E-state index in [1.54, 1.807) is 0 Å². The Morgan fingerprint density at radius 2 is 2.12 bits per heavy atom. The second-order valence-corrected chi connectivity index (χ2v) is 4.28. The molecule has 1 atom stereocenters. The van der Waals surface area contributed by atoms with Gasteiger partial charge in [-0.1, -0.05) is 44.7 Å². The number of rotatable bonds is 0. The molecular weight excluding hydrogens is 232 g/mol. The van der Waals surface area contributed by atoms with Crippen molar-refractivity contribution in [2.45, 2.75) is 30.5 Å². The molecule has 0 bridgehead atoms. The Labute approximate surface area is 67.3 Å². The molecule has 0 aliphatic heterocycles. The molecule has 0 aromatic heterocycles. The van der Waals surface area contributed by atoms with Crippen LogP contribution in [0.4, 0.5) is 0 Å². The molecule has 1 saturated carbocycles. The van der Waals surface area contributed by atoms with E-state index in [1.807, 2.05) is 0 Å². The minimum atomic E-state index is 0.649. The predicted octanol–water partition coefficient (Wildman–Crippen LogP) is 3.25. The summed E-state index contributed by atoms with van der Waals surface area (Å²) in [5, 5.41) is 0. The zero-order valence-electron chi connectivity index (χ0n) is 4.66. The van der Waals surface area contributed by atoms with E-state index in [4.69, 9.17) is 0 Å². The fraction of sp³-hybridized carbons (Fsp3) is 0.833. The van der Waals surface area contributed by atoms with Crippen molar-refractivity contribution >= 4 is 31.9 Å². The van der Waals surface area contributed by atoms with Gasteiger partial charge in [0.15, 0.2) is 0 Å². The second-order valence-electron chi connectivity index (χ2n) is 2.16. The molecule has 47 valence electrons. The van der Waals surface area contributed by atoms with E-state index in [1.165, 1.54) is 30.5 Å². The first-order valence-electron chi connectivity index (χ1n) is 2.96. The highest BCUT2D eigenvalue weighted by Gasteiger charge is 2.19. The maximum atomic E-state index is 3.57. The molecule has 0 saturated heterocycles. The summed E-state index contributed by atoms with van der Waals surface area (Å²) in [6.45, 7) is 0. The number of halogens is 2. The van der Waals surface area contributed by atoms with Crippen molar-refractivity contribution in [2.75, 3.05) is 0 Å². The summed E-state index contributed by atoms with van der Waals surface area (Å²) in [7, 11) is 0. The molecule has 1 rings (SSSR count). The standard InChI is InChI=1S/C6H9Br2/c7-5-3-1-2-4-6(5)8/h5H,1-4H2. The second kappa shape index (κ2) is 3.21. The number of hydrogen-bond acceptors (Lipinski definition) is 0. The highest BCUT2D eigenvalue weighted by Crippen LogP contribution is 2.35. The summed E-state index contributed by atoms with van der Waals surface area (Å²) in [5.41, 5.74) is 0. The van der Waals surface area contributed by atoms with Gasteiger partial charge in [0.2, 0.25) is 0 Å². The van der Waals surface area contributed by atoms with Crippen molar-refractivity contribution in [3.63, 3.8) is 0 Å². The van der Waals surface area contributed by atoms with Crippen molar-refractivity contribution in [1.82, 2.24) is 0 Å². The van der Waals surface area contributed by atoms with Crippen LogP contribution in [0.2, 0.25) is 0 Å². The van der Waals surface area contributed by atoms with Crippen LogP contribution in [0.1, 0.15) is 25.7 Å². The van der Waals surface area contributed by atoms with Crippen LogP contribution in [0.15, 0.2) is 0 Å². The third-order valence-corrected chi connectivity index (χ3v) is 4.04. The molecule has 0 N–H and O–H groups in total. The smallest absolute Gasteiger partial charge is 0.0546 e. The highest BCUT2D eigenvalue weighted by molar-refractivity contribution is 9.13. The Morgan fingerprint density at radius 1 is 1.38 bits per heavy atom. The van der Waals surface area contributed by atoms with Crippen molar-refractivity contribution in [3.8, 4) is 0 Å². The molecule has 2 heteroatoms. The van der Waals surface area contributed by atoms with Crippen LogP contribution in [0, 0.1) is 4.83 Å². The van der Waals surface area contributed by atoms with E-state index in [2.05, 4.69) is 31.9 Å². The van der Waals surface area contributed by atoms with Gasteiger partial charge in [-0.15, -0.1) is 0 Å². The van der Waals surface area contributed by atoms with Gasteiger partial charge in [-0.2, -0.15) is 0 Å². The van der Waals surface area contributed by atoms with E-state index in [-0.39, 0.29) is 0 Å². The van der Waals surface area contributed by atoms with Gasteiger partial charge in [0.05, 0.1) is 4.83 Å². The minimum absolute atomic E-state index is 0.649. The predicted molar refractivity (Wildman–Crippen MR) is 43.4 cm³/mol. The van der Waals surface area contributed by atoms with Crippen LogP contribution in [0.5, 0.6) is 0 Å². The quantitative estimate of drug-likeness (QED) is 0.571. The Hall–Kier alpha value is 0.960. The summed E-state index contributed by atoms with van der Waals surface area (Å²) in [6, 6.07) is 0. The highest BCUT2D eigenvalue weighted by atomic mass is 79.9. The normalized spacial score (nSPS) is 33.0. The van der Waals surface area contributed by atoms with Gasteiger partial charge in [-0.25, -0.2) is 0 Å². The summed E-state index contributed by atoms with van der Waals surface area (Å²) in [5.74, 6) is 0. The number of hydrogen-bond donors (Lipinski definition) is 0. The van der Waals surface area contributed by atoms with Crippen LogP contribution >= 0.6 is 31.9 Å². The molecule has 0 spiro atoms. The topological polar surface area (TPSA) is 0 Å². The average Bonchev–Trinajstić information content (AvgIpc) is 1.77. The monoisotopic (exact) mass is 239 g/mol. The first-order valence-corrected chi connectivity index (χ1v) is 4.67. The largest absolute Gasteiger partial charge is 0.0875 e. The molecule has 0 amide bonds. The first kappa shape index (κ1) is 7.07. The third kappa shape index (κ3) is 1.73. The van der Waals surface area contributed by atoms with Gasteiger partial charge in [0.25, 0.3) is 0 Å². The molecule has 1 radical (unpaired) electrons. The van der Waals surface area contributed by atoms with Gasteiger partial charge in [-0.05, 0) is 12.8 Å². The molecule has 1 aliphatic rings. The van der Waals surface area contributed by atoms with Gasteiger partial charge in [0, 0.05) is 4.83 Å². The van der Waals surface area contributed by atoms with Crippen LogP contribution in [-0.2, 0) is 0 Å². The molecule has 0 heterocycles. The minimum Gasteiger partial charge on any atom is -0.0875 e. The van der Waals surface area contributed by atoms with Crippen LogP contribution in [-0.4, -0.2) is 4.83 Å². The lowest BCUT2D eigenvalue weighted by atomic mass is 10.0. The summed E-state index contributed by atoms with van der Waals surface area (Å²) >= 11 is 7.09. The molecule has 1 unspecified atom stereocenters. The zero-order chi connectivity index (χ0) is 5.98. The molecule has 0 aromatic carbocycles. The van der Waals surface area contributed by atoms with Crippen molar-refractivity contribution < 1.29 is 0 Å². The van der Waals surface area contributed by atoms with Crippen LogP contribution in [0.25, 0.3) is 0 Å². The lowest BCUT2D eigenvalue weighted by Gasteiger charge is -2.20. The van der Waals surface area contributed by atoms with Crippen molar-refractivity contribution in [3.05, 3.63) is 4.83 Å². The average molecular weight is 241 g/mol. The molecule has 0 aromatic rings. The van der Waals surface area contributed by atoms with Crippen LogP contribution in [0.3, 0.4) is 0 Å². The lowest BCUT2D eigenvalue weighted by molar-refractivity contribution is 0.598. The van der Waals surface area contributed by atoms with Gasteiger partial charge < -0.3 is 0 Å². The van der Waals surface area contributed by atoms with Gasteiger partial charge in [-0.3, -0.25) is 0 Å². The zero-order valence-corrected chi connectivity index (χ0v) is 7.83. The summed E-state index contributed by atoms with van der Waals surface area (Å²) < 4.78 is 0. The van der Waals surface area contributed by atoms with E-state index in [9.17, 15) is 0 Å². The summed E-state index contributed by atoms with van der Waals surface area (Å²) in [6.07, 6.45) is 5.31. The van der Waals surface area contributed by atoms with Gasteiger partial charge >= 0.3 is 0 Å². The number of alkyl halides is 1. The maximum Gasteiger partial charge on any atom is 0.0546 e. The Kier molecular flexibility index (Phi) is 2.84. The first-order chi connectivity index (χ1) is 3.80. The maximum absolute atomic E-state index is 3.57.